The number of nitrogens with one attached hydrogen (secondary N) is 2. The van der Waals surface area contributed by atoms with Gasteiger partial charge in [-0.3, -0.25) is 4.84 Å². The molecule has 2 aromatic rings. The molecule has 22 heavy (non-hydrogen) atoms. The highest BCUT2D eigenvalue weighted by Gasteiger charge is 2.21. The summed E-state index contributed by atoms with van der Waals surface area (Å²) in [5.41, 5.74) is 4.65. The van der Waals surface area contributed by atoms with Crippen LogP contribution < -0.4 is 10.8 Å². The molecule has 0 unspecified atom stereocenters. The molecular formula is C17H18N2O2S. The summed E-state index contributed by atoms with van der Waals surface area (Å²) in [4.78, 5) is 18.4. The van der Waals surface area contributed by atoms with Gasteiger partial charge >= 0.3 is 6.03 Å². The van der Waals surface area contributed by atoms with E-state index >= 15 is 0 Å². The number of benzene rings is 2. The molecule has 0 aliphatic carbocycles. The van der Waals surface area contributed by atoms with Crippen molar-refractivity contribution >= 4 is 17.8 Å². The van der Waals surface area contributed by atoms with Crippen LogP contribution in [-0.4, -0.2) is 11.8 Å². The van der Waals surface area contributed by atoms with Crippen molar-refractivity contribution in [2.24, 2.45) is 0 Å². The first-order valence-electron chi connectivity index (χ1n) is 7.27. The second kappa shape index (κ2) is 7.33. The number of fused-ring (bicyclic) bond motifs is 1. The maximum Gasteiger partial charge on any atom is 0.339 e. The lowest BCUT2D eigenvalue weighted by Crippen LogP contribution is -2.38. The van der Waals surface area contributed by atoms with Crippen molar-refractivity contribution in [1.82, 2.24) is 10.8 Å². The molecule has 0 spiro atoms. The Hall–Kier alpha value is -1.98. The lowest BCUT2D eigenvalue weighted by molar-refractivity contribution is 0.0480. The van der Waals surface area contributed by atoms with Gasteiger partial charge in [0, 0.05) is 10.6 Å². The van der Waals surface area contributed by atoms with E-state index in [9.17, 15) is 4.79 Å². The lowest BCUT2D eigenvalue weighted by atomic mass is 10.0. The number of urea groups is 1. The first kappa shape index (κ1) is 14.9. The van der Waals surface area contributed by atoms with E-state index in [1.165, 1.54) is 10.5 Å². The molecule has 0 radical (unpaired) electrons. The van der Waals surface area contributed by atoms with Gasteiger partial charge in [0.25, 0.3) is 0 Å². The maximum absolute atomic E-state index is 12.0. The summed E-state index contributed by atoms with van der Waals surface area (Å²) in [5, 5.41) is 2.97. The van der Waals surface area contributed by atoms with Gasteiger partial charge in [0.15, 0.2) is 0 Å². The summed E-state index contributed by atoms with van der Waals surface area (Å²) in [7, 11) is 0. The van der Waals surface area contributed by atoms with E-state index in [1.807, 2.05) is 54.2 Å². The van der Waals surface area contributed by atoms with Crippen LogP contribution in [0.3, 0.4) is 0 Å². The minimum absolute atomic E-state index is 0.0396. The van der Waals surface area contributed by atoms with Crippen LogP contribution in [0.2, 0.25) is 0 Å². The fraction of sp³-hybridized carbons (Fsp3) is 0.235. The van der Waals surface area contributed by atoms with Crippen LogP contribution in [0.4, 0.5) is 4.79 Å². The number of amides is 2. The van der Waals surface area contributed by atoms with Gasteiger partial charge in [-0.1, -0.05) is 48.5 Å². The number of carbonyl (C=O) groups is 1. The van der Waals surface area contributed by atoms with E-state index in [-0.39, 0.29) is 12.1 Å². The monoisotopic (exact) mass is 314 g/mol. The van der Waals surface area contributed by atoms with Crippen LogP contribution in [-0.2, 0) is 11.4 Å². The Morgan fingerprint density at radius 2 is 1.91 bits per heavy atom. The molecule has 114 valence electrons. The minimum atomic E-state index is -0.303. The number of hydrogen-bond donors (Lipinski definition) is 2. The lowest BCUT2D eigenvalue weighted by Gasteiger charge is -2.25. The van der Waals surface area contributed by atoms with Crippen LogP contribution in [0.5, 0.6) is 0 Å². The molecule has 5 heteroatoms. The van der Waals surface area contributed by atoms with Gasteiger partial charge < -0.3 is 5.32 Å². The van der Waals surface area contributed by atoms with Crippen LogP contribution in [0.15, 0.2) is 59.5 Å². The van der Waals surface area contributed by atoms with Gasteiger partial charge in [-0.2, -0.15) is 0 Å². The number of rotatable bonds is 4. The van der Waals surface area contributed by atoms with E-state index in [0.717, 1.165) is 17.7 Å². The minimum Gasteiger partial charge on any atom is -0.330 e. The molecule has 2 aromatic carbocycles. The number of hydrogen-bond acceptors (Lipinski definition) is 3. The van der Waals surface area contributed by atoms with E-state index in [4.69, 9.17) is 4.84 Å². The third-order valence-electron chi connectivity index (χ3n) is 3.51. The third-order valence-corrected chi connectivity index (χ3v) is 4.63. The van der Waals surface area contributed by atoms with Crippen LogP contribution in [0.1, 0.15) is 23.6 Å². The molecular weight excluding hydrogens is 296 g/mol. The van der Waals surface area contributed by atoms with Gasteiger partial charge in [-0.15, -0.1) is 11.8 Å². The van der Waals surface area contributed by atoms with Gasteiger partial charge in [0.05, 0.1) is 12.6 Å². The Labute approximate surface area is 134 Å². The van der Waals surface area contributed by atoms with Gasteiger partial charge in [-0.05, 0) is 23.6 Å². The topological polar surface area (TPSA) is 50.4 Å². The molecule has 2 amide bonds. The largest absolute Gasteiger partial charge is 0.339 e. The van der Waals surface area contributed by atoms with Gasteiger partial charge in [0.2, 0.25) is 0 Å². The van der Waals surface area contributed by atoms with Crippen molar-refractivity contribution in [2.45, 2.75) is 24.0 Å². The smallest absolute Gasteiger partial charge is 0.330 e. The highest BCUT2D eigenvalue weighted by atomic mass is 32.2. The normalized spacial score (nSPS) is 16.6. The second-order valence-electron chi connectivity index (χ2n) is 5.08. The third kappa shape index (κ3) is 3.81. The second-order valence-corrected chi connectivity index (χ2v) is 6.21. The van der Waals surface area contributed by atoms with Gasteiger partial charge in [0.1, 0.15) is 0 Å². The maximum atomic E-state index is 12.0. The first-order chi connectivity index (χ1) is 10.8. The molecule has 3 rings (SSSR count). The zero-order chi connectivity index (χ0) is 15.2. The average molecular weight is 314 g/mol. The van der Waals surface area contributed by atoms with Crippen molar-refractivity contribution < 1.29 is 9.63 Å². The molecule has 1 atom stereocenters. The Morgan fingerprint density at radius 1 is 1.14 bits per heavy atom. The van der Waals surface area contributed by atoms with E-state index in [1.54, 1.807) is 0 Å². The summed E-state index contributed by atoms with van der Waals surface area (Å²) in [6.45, 7) is 0.353. The molecule has 1 aliphatic heterocycles. The highest BCUT2D eigenvalue weighted by Crippen LogP contribution is 2.35. The van der Waals surface area contributed by atoms with Crippen LogP contribution in [0.25, 0.3) is 0 Å². The molecule has 4 nitrogen and oxygen atoms in total. The SMILES string of the molecule is O=C(NOCc1ccccc1)N[C@@H]1CCSc2ccccc21. The zero-order valence-electron chi connectivity index (χ0n) is 12.1. The predicted octanol–water partition coefficient (Wildman–Crippen LogP) is 3.65. The fourth-order valence-corrected chi connectivity index (χ4v) is 3.56. The Kier molecular flexibility index (Phi) is 4.98. The van der Waals surface area contributed by atoms with E-state index in [0.29, 0.717) is 6.61 Å². The molecule has 0 saturated heterocycles. The van der Waals surface area contributed by atoms with Gasteiger partial charge in [-0.25, -0.2) is 10.3 Å². The molecule has 1 aliphatic rings. The highest BCUT2D eigenvalue weighted by molar-refractivity contribution is 7.99. The summed E-state index contributed by atoms with van der Waals surface area (Å²) in [5.74, 6) is 1.01. The summed E-state index contributed by atoms with van der Waals surface area (Å²) in [6, 6.07) is 17.7. The van der Waals surface area contributed by atoms with Crippen molar-refractivity contribution in [1.29, 1.82) is 0 Å². The molecule has 1 heterocycles. The molecule has 0 aromatic heterocycles. The molecule has 0 bridgehead atoms. The summed E-state index contributed by atoms with van der Waals surface area (Å²) in [6.07, 6.45) is 0.924. The quantitative estimate of drug-likeness (QED) is 0.847. The van der Waals surface area contributed by atoms with Crippen LogP contribution in [0, 0.1) is 0 Å². The van der Waals surface area contributed by atoms with E-state index in [2.05, 4.69) is 22.9 Å². The van der Waals surface area contributed by atoms with E-state index < -0.39 is 0 Å². The Morgan fingerprint density at radius 3 is 2.77 bits per heavy atom. The predicted molar refractivity (Wildman–Crippen MR) is 87.4 cm³/mol. The Balaban J connectivity index is 1.50. The standard InChI is InChI=1S/C17H18N2O2S/c20-17(19-21-12-13-6-2-1-3-7-13)18-15-10-11-22-16-9-5-4-8-14(15)16/h1-9,15H,10-12H2,(H2,18,19,20)/t15-/m1/s1. The van der Waals surface area contributed by atoms with Crippen LogP contribution >= 0.6 is 11.8 Å². The average Bonchev–Trinajstić information content (AvgIpc) is 2.56. The molecule has 2 N–H and O–H groups in total. The summed E-state index contributed by atoms with van der Waals surface area (Å²) >= 11 is 1.83. The molecule has 0 saturated carbocycles. The van der Waals surface area contributed by atoms with Crippen molar-refractivity contribution in [3.8, 4) is 0 Å². The first-order valence-corrected chi connectivity index (χ1v) is 8.25. The zero-order valence-corrected chi connectivity index (χ0v) is 12.9. The number of carbonyl (C=O) groups excluding carboxylic acids is 1. The van der Waals surface area contributed by atoms with Crippen molar-refractivity contribution in [2.75, 3.05) is 5.75 Å². The Bertz CT molecular complexity index is 634. The summed E-state index contributed by atoms with van der Waals surface area (Å²) < 4.78 is 0. The molecule has 0 fully saturated rings. The van der Waals surface area contributed by atoms with Crippen molar-refractivity contribution in [3.05, 3.63) is 65.7 Å². The fourth-order valence-electron chi connectivity index (χ4n) is 2.44. The van der Waals surface area contributed by atoms with Crippen molar-refractivity contribution in [3.63, 3.8) is 0 Å². The number of hydroxylamine groups is 1. The number of thioether (sulfide) groups is 1.